The molecule has 210 valence electrons. The van der Waals surface area contributed by atoms with Crippen LogP contribution in [0.4, 0.5) is 0 Å². The maximum Gasteiger partial charge on any atom is 0.255 e. The summed E-state index contributed by atoms with van der Waals surface area (Å²) in [7, 11) is 1.59. The number of carbonyl (C=O) groups is 2. The van der Waals surface area contributed by atoms with E-state index in [-0.39, 0.29) is 31.0 Å². The van der Waals surface area contributed by atoms with Crippen molar-refractivity contribution >= 4 is 29.1 Å². The van der Waals surface area contributed by atoms with Crippen molar-refractivity contribution in [1.82, 2.24) is 25.4 Å². The van der Waals surface area contributed by atoms with E-state index in [0.29, 0.717) is 28.1 Å². The predicted molar refractivity (Wildman–Crippen MR) is 152 cm³/mol. The number of halogens is 1. The van der Waals surface area contributed by atoms with Crippen LogP contribution in [0.25, 0.3) is 5.69 Å². The van der Waals surface area contributed by atoms with E-state index >= 15 is 0 Å². The number of nitrogens with zero attached hydrogens (tertiary/aromatic N) is 4. The minimum Gasteiger partial charge on any atom is -0.504 e. The van der Waals surface area contributed by atoms with Gasteiger partial charge in [0, 0.05) is 29.2 Å². The molecule has 4 N–H and O–H groups in total. The van der Waals surface area contributed by atoms with Crippen LogP contribution in [-0.2, 0) is 4.79 Å². The smallest absolute Gasteiger partial charge is 0.255 e. The second-order valence-electron chi connectivity index (χ2n) is 9.31. The lowest BCUT2D eigenvalue weighted by Gasteiger charge is -2.14. The number of hydrogen-bond acceptors (Lipinski definition) is 8. The number of carbonyl (C=O) groups excluding carboxylic acids is 2. The second kappa shape index (κ2) is 11.7. The van der Waals surface area contributed by atoms with Crippen molar-refractivity contribution in [2.75, 3.05) is 20.2 Å². The van der Waals surface area contributed by atoms with Gasteiger partial charge in [0.15, 0.2) is 17.3 Å². The lowest BCUT2D eigenvalue weighted by Crippen LogP contribution is -2.35. The number of phenols is 2. The molecule has 2 heterocycles. The minimum atomic E-state index is -0.667. The van der Waals surface area contributed by atoms with Crippen LogP contribution in [0, 0.1) is 6.92 Å². The first-order chi connectivity index (χ1) is 19.8. The lowest BCUT2D eigenvalue weighted by atomic mass is 10.00. The highest BCUT2D eigenvalue weighted by Gasteiger charge is 2.30. The quantitative estimate of drug-likeness (QED) is 0.186. The van der Waals surface area contributed by atoms with Gasteiger partial charge in [-0.15, -0.1) is 10.2 Å². The lowest BCUT2D eigenvalue weighted by molar-refractivity contribution is -0.121. The number of aromatic nitrogens is 3. The highest BCUT2D eigenvalue weighted by atomic mass is 35.5. The monoisotopic (exact) mass is 574 g/mol. The number of phenolic OH excluding ortho intramolecular Hbond substituents is 2. The molecule has 4 aromatic rings. The Morgan fingerprint density at radius 1 is 1.02 bits per heavy atom. The van der Waals surface area contributed by atoms with Crippen molar-refractivity contribution in [3.8, 4) is 22.9 Å². The van der Waals surface area contributed by atoms with E-state index in [1.165, 1.54) is 18.2 Å². The van der Waals surface area contributed by atoms with E-state index in [2.05, 4.69) is 20.8 Å². The molecular weight excluding hydrogens is 548 g/mol. The number of aryl methyl sites for hydroxylation is 1. The van der Waals surface area contributed by atoms with Crippen LogP contribution >= 0.6 is 11.6 Å². The average molecular weight is 575 g/mol. The Hall–Kier alpha value is -4.90. The topological polar surface area (TPSA) is 151 Å². The molecule has 1 atom stereocenters. The number of benzene rings is 3. The molecule has 0 fully saturated rings. The molecule has 12 heteroatoms. The molecule has 0 saturated carbocycles. The molecule has 5 rings (SSSR count). The van der Waals surface area contributed by atoms with Crippen LogP contribution in [0.15, 0.2) is 65.7 Å². The molecule has 3 aromatic carbocycles. The minimum absolute atomic E-state index is 0.0262. The Bertz CT molecular complexity index is 1650. The summed E-state index contributed by atoms with van der Waals surface area (Å²) in [6, 6.07) is 16.4. The van der Waals surface area contributed by atoms with Crippen LogP contribution < -0.4 is 15.4 Å². The standard InChI is InChI=1S/C29H27ClN6O5/c1-16-34-35-28-22(15-25(38)31-12-13-32-29(40)20-4-3-5-24(37)27(20)39)33-26(17-6-8-18(30)9-7-17)21-14-19(41-2)10-11-23(21)36(16)28/h3-11,14,22,37,39H,12-13,15H2,1-2H3,(H,31,38)(H,32,40)/t22-/m0/s1. The summed E-state index contributed by atoms with van der Waals surface area (Å²) in [6.07, 6.45) is -0.0262. The summed E-state index contributed by atoms with van der Waals surface area (Å²) in [5.41, 5.74) is 2.99. The highest BCUT2D eigenvalue weighted by molar-refractivity contribution is 6.30. The van der Waals surface area contributed by atoms with Crippen molar-refractivity contribution < 1.29 is 24.5 Å². The predicted octanol–water partition coefficient (Wildman–Crippen LogP) is 3.48. The van der Waals surface area contributed by atoms with Gasteiger partial charge in [0.05, 0.1) is 30.5 Å². The maximum absolute atomic E-state index is 13.1. The molecule has 0 unspecified atom stereocenters. The largest absolute Gasteiger partial charge is 0.504 e. The van der Waals surface area contributed by atoms with Gasteiger partial charge in [0.1, 0.15) is 17.6 Å². The fraction of sp³-hybridized carbons (Fsp3) is 0.207. The molecule has 1 aliphatic rings. The van der Waals surface area contributed by atoms with Gasteiger partial charge in [0.25, 0.3) is 5.91 Å². The van der Waals surface area contributed by atoms with E-state index in [1.807, 2.05) is 41.8 Å². The number of para-hydroxylation sites is 1. The van der Waals surface area contributed by atoms with Crippen molar-refractivity contribution in [3.05, 3.63) is 94.0 Å². The number of aliphatic imine (C=N–C) groups is 1. The normalized spacial score (nSPS) is 13.8. The molecule has 0 aliphatic carbocycles. The number of amides is 2. The van der Waals surface area contributed by atoms with Crippen molar-refractivity contribution in [2.24, 2.45) is 4.99 Å². The molecule has 11 nitrogen and oxygen atoms in total. The van der Waals surface area contributed by atoms with Crippen LogP contribution in [0.5, 0.6) is 17.2 Å². The Labute approximate surface area is 240 Å². The summed E-state index contributed by atoms with van der Waals surface area (Å²) in [5.74, 6) is 0.0223. The molecule has 41 heavy (non-hydrogen) atoms. The molecule has 0 bridgehead atoms. The molecule has 0 spiro atoms. The van der Waals surface area contributed by atoms with Crippen LogP contribution in [0.1, 0.15) is 45.6 Å². The van der Waals surface area contributed by atoms with Crippen LogP contribution in [0.3, 0.4) is 0 Å². The Morgan fingerprint density at radius 3 is 2.54 bits per heavy atom. The van der Waals surface area contributed by atoms with Crippen molar-refractivity contribution in [1.29, 1.82) is 0 Å². The van der Waals surface area contributed by atoms with Gasteiger partial charge in [-0.2, -0.15) is 0 Å². The third-order valence-corrected chi connectivity index (χ3v) is 6.87. The fourth-order valence-corrected chi connectivity index (χ4v) is 4.74. The summed E-state index contributed by atoms with van der Waals surface area (Å²) >= 11 is 6.15. The first-order valence-electron chi connectivity index (χ1n) is 12.8. The third-order valence-electron chi connectivity index (χ3n) is 6.62. The molecular formula is C29H27ClN6O5. The Balaban J connectivity index is 1.37. The molecule has 0 radical (unpaired) electrons. The summed E-state index contributed by atoms with van der Waals surface area (Å²) in [4.78, 5) is 30.4. The maximum atomic E-state index is 13.1. The van der Waals surface area contributed by atoms with E-state index in [1.54, 1.807) is 19.2 Å². The molecule has 0 saturated heterocycles. The van der Waals surface area contributed by atoms with E-state index < -0.39 is 23.4 Å². The zero-order valence-corrected chi connectivity index (χ0v) is 23.0. The summed E-state index contributed by atoms with van der Waals surface area (Å²) < 4.78 is 7.38. The van der Waals surface area contributed by atoms with Gasteiger partial charge in [-0.05, 0) is 49.4 Å². The molecule has 1 aliphatic heterocycles. The summed E-state index contributed by atoms with van der Waals surface area (Å²) in [6.45, 7) is 2.07. The highest BCUT2D eigenvalue weighted by Crippen LogP contribution is 2.34. The fourth-order valence-electron chi connectivity index (χ4n) is 4.61. The van der Waals surface area contributed by atoms with E-state index in [4.69, 9.17) is 21.3 Å². The number of methoxy groups -OCH3 is 1. The van der Waals surface area contributed by atoms with Crippen molar-refractivity contribution in [3.63, 3.8) is 0 Å². The first kappa shape index (κ1) is 27.7. The number of aromatic hydroxyl groups is 2. The first-order valence-corrected chi connectivity index (χ1v) is 13.1. The molecule has 2 amide bonds. The second-order valence-corrected chi connectivity index (χ2v) is 9.74. The number of hydrogen-bond donors (Lipinski definition) is 4. The van der Waals surface area contributed by atoms with Crippen LogP contribution in [0.2, 0.25) is 5.02 Å². The zero-order valence-electron chi connectivity index (χ0n) is 22.3. The zero-order chi connectivity index (χ0) is 29.1. The van der Waals surface area contributed by atoms with Gasteiger partial charge in [-0.1, -0.05) is 29.8 Å². The number of nitrogens with one attached hydrogen (secondary N) is 2. The van der Waals surface area contributed by atoms with E-state index in [0.717, 1.165) is 16.8 Å². The van der Waals surface area contributed by atoms with Gasteiger partial charge >= 0.3 is 0 Å². The van der Waals surface area contributed by atoms with Crippen molar-refractivity contribution in [2.45, 2.75) is 19.4 Å². The van der Waals surface area contributed by atoms with Gasteiger partial charge in [-0.25, -0.2) is 0 Å². The van der Waals surface area contributed by atoms with E-state index in [9.17, 15) is 19.8 Å². The Kier molecular flexibility index (Phi) is 7.88. The SMILES string of the molecule is COc1ccc2c(c1)C(c1ccc(Cl)cc1)=N[C@@H](CC(=O)NCCNC(=O)c1cccc(O)c1O)c1nnc(C)n1-2. The van der Waals surface area contributed by atoms with Gasteiger partial charge < -0.3 is 25.6 Å². The van der Waals surface area contributed by atoms with Crippen LogP contribution in [-0.4, -0.2) is 62.7 Å². The molecule has 1 aromatic heterocycles. The third kappa shape index (κ3) is 5.71. The Morgan fingerprint density at radius 2 is 1.78 bits per heavy atom. The number of ether oxygens (including phenoxy) is 1. The van der Waals surface area contributed by atoms with Gasteiger partial charge in [-0.3, -0.25) is 19.1 Å². The van der Waals surface area contributed by atoms with Gasteiger partial charge in [0.2, 0.25) is 5.91 Å². The number of fused-ring (bicyclic) bond motifs is 3. The summed E-state index contributed by atoms with van der Waals surface area (Å²) in [5, 5.41) is 34.1. The average Bonchev–Trinajstić information content (AvgIpc) is 3.29. The number of rotatable bonds is 8.